The first-order valence-corrected chi connectivity index (χ1v) is 8.86. The van der Waals surface area contributed by atoms with Crippen molar-refractivity contribution in [3.63, 3.8) is 0 Å². The van der Waals surface area contributed by atoms with E-state index in [0.717, 1.165) is 13.2 Å². The van der Waals surface area contributed by atoms with Crippen molar-refractivity contribution >= 4 is 29.8 Å². The standard InChI is InChI=1S/C14H12O.Bi/c1-3-7-13(8-4-1)11-15-12-14-9-5-2-6-10-14;/h1-7,9H,11-12H2;. The molecule has 0 fully saturated rings. The van der Waals surface area contributed by atoms with Crippen molar-refractivity contribution in [3.05, 3.63) is 59.7 Å². The number of rotatable bonds is 0. The molecule has 1 nitrogen and oxygen atoms in total. The van der Waals surface area contributed by atoms with Crippen LogP contribution in [0.4, 0.5) is 0 Å². The molecule has 1 heterocycles. The van der Waals surface area contributed by atoms with Crippen molar-refractivity contribution in [1.82, 2.24) is 0 Å². The predicted octanol–water partition coefficient (Wildman–Crippen LogP) is 1.37. The molecule has 2 heteroatoms. The molecular formula is C14H12BiO. The minimum absolute atomic E-state index is 0.738. The minimum atomic E-state index is -0.738. The van der Waals surface area contributed by atoms with Gasteiger partial charge in [-0.3, -0.25) is 0 Å². The van der Waals surface area contributed by atoms with Crippen LogP contribution in [0, 0.1) is 0 Å². The summed E-state index contributed by atoms with van der Waals surface area (Å²) in [6.07, 6.45) is 0. The normalized spacial score (nSPS) is 14.5. The Morgan fingerprint density at radius 2 is 1.25 bits per heavy atom. The van der Waals surface area contributed by atoms with E-state index in [9.17, 15) is 0 Å². The summed E-state index contributed by atoms with van der Waals surface area (Å²) in [5.74, 6) is 0. The Kier molecular flexibility index (Phi) is 3.03. The zero-order valence-electron chi connectivity index (χ0n) is 8.89. The predicted molar refractivity (Wildman–Crippen MR) is 66.4 cm³/mol. The van der Waals surface area contributed by atoms with Gasteiger partial charge in [0.2, 0.25) is 0 Å². The molecule has 16 heavy (non-hydrogen) atoms. The Morgan fingerprint density at radius 1 is 0.750 bits per heavy atom. The van der Waals surface area contributed by atoms with Crippen LogP contribution in [0.25, 0.3) is 0 Å². The molecule has 79 valence electrons. The molecule has 0 aliphatic carbocycles. The number of benzene rings is 2. The molecule has 3 rings (SSSR count). The third-order valence-electron chi connectivity index (χ3n) is 2.74. The van der Waals surface area contributed by atoms with Crippen molar-refractivity contribution in [1.29, 1.82) is 0 Å². The van der Waals surface area contributed by atoms with Gasteiger partial charge in [-0.2, -0.15) is 0 Å². The summed E-state index contributed by atoms with van der Waals surface area (Å²) >= 11 is -0.738. The Balaban J connectivity index is 2.06. The van der Waals surface area contributed by atoms with Crippen LogP contribution in [-0.4, -0.2) is 23.2 Å². The van der Waals surface area contributed by atoms with E-state index in [2.05, 4.69) is 48.5 Å². The molecule has 0 aromatic heterocycles. The fourth-order valence-corrected chi connectivity index (χ4v) is 6.34. The van der Waals surface area contributed by atoms with Gasteiger partial charge in [-0.15, -0.1) is 0 Å². The third-order valence-corrected chi connectivity index (χ3v) is 8.00. The van der Waals surface area contributed by atoms with Gasteiger partial charge in [0.1, 0.15) is 0 Å². The SMILES string of the molecule is c1cc[c]2c(c1)COCc1cccc[c]1[Bi]2. The van der Waals surface area contributed by atoms with Crippen LogP contribution in [0.3, 0.4) is 0 Å². The van der Waals surface area contributed by atoms with Gasteiger partial charge in [-0.25, -0.2) is 0 Å². The van der Waals surface area contributed by atoms with Crippen LogP contribution >= 0.6 is 0 Å². The fourth-order valence-electron chi connectivity index (χ4n) is 1.88. The molecule has 1 aliphatic rings. The van der Waals surface area contributed by atoms with Crippen molar-refractivity contribution in [2.24, 2.45) is 0 Å². The molecule has 0 saturated carbocycles. The first-order valence-electron chi connectivity index (χ1n) is 5.39. The molecule has 0 N–H and O–H groups in total. The average molecular weight is 405 g/mol. The second kappa shape index (κ2) is 4.65. The van der Waals surface area contributed by atoms with E-state index < -0.39 is 23.2 Å². The Morgan fingerprint density at radius 3 is 1.81 bits per heavy atom. The van der Waals surface area contributed by atoms with Gasteiger partial charge in [0, 0.05) is 0 Å². The summed E-state index contributed by atoms with van der Waals surface area (Å²) in [5, 5.41) is 0. The van der Waals surface area contributed by atoms with Crippen LogP contribution in [0.2, 0.25) is 0 Å². The van der Waals surface area contributed by atoms with Crippen molar-refractivity contribution in [3.8, 4) is 0 Å². The molecule has 0 saturated heterocycles. The van der Waals surface area contributed by atoms with Crippen LogP contribution in [0.15, 0.2) is 48.5 Å². The van der Waals surface area contributed by atoms with Gasteiger partial charge < -0.3 is 0 Å². The van der Waals surface area contributed by atoms with Crippen LogP contribution in [0.1, 0.15) is 11.1 Å². The molecule has 0 amide bonds. The third kappa shape index (κ3) is 2.05. The zero-order valence-corrected chi connectivity index (χ0v) is 12.4. The van der Waals surface area contributed by atoms with Gasteiger partial charge >= 0.3 is 107 Å². The second-order valence-electron chi connectivity index (χ2n) is 3.86. The van der Waals surface area contributed by atoms with Crippen LogP contribution < -0.4 is 6.54 Å². The molecule has 2 aromatic rings. The Labute approximate surface area is 107 Å². The topological polar surface area (TPSA) is 9.23 Å². The van der Waals surface area contributed by atoms with E-state index in [1.54, 1.807) is 6.54 Å². The zero-order chi connectivity index (χ0) is 10.8. The first-order chi connectivity index (χ1) is 7.93. The maximum atomic E-state index is 5.76. The molecular weight excluding hydrogens is 393 g/mol. The maximum absolute atomic E-state index is 5.76. The van der Waals surface area contributed by atoms with Crippen LogP contribution in [-0.2, 0) is 18.0 Å². The Hall–Kier alpha value is -0.717. The Bertz CT molecular complexity index is 462. The van der Waals surface area contributed by atoms with Gasteiger partial charge in [-0.1, -0.05) is 0 Å². The van der Waals surface area contributed by atoms with Crippen LogP contribution in [0.5, 0.6) is 0 Å². The summed E-state index contributed by atoms with van der Waals surface area (Å²) in [4.78, 5) is 0. The molecule has 1 radical (unpaired) electrons. The number of fused-ring (bicyclic) bond motifs is 2. The van der Waals surface area contributed by atoms with Gasteiger partial charge in [0.15, 0.2) is 0 Å². The summed E-state index contributed by atoms with van der Waals surface area (Å²) in [5.41, 5.74) is 2.79. The summed E-state index contributed by atoms with van der Waals surface area (Å²) < 4.78 is 8.89. The molecule has 0 bridgehead atoms. The van der Waals surface area contributed by atoms with Crippen molar-refractivity contribution < 1.29 is 4.74 Å². The van der Waals surface area contributed by atoms with Crippen molar-refractivity contribution in [2.45, 2.75) is 13.2 Å². The average Bonchev–Trinajstić information content (AvgIpc) is 2.29. The molecule has 0 spiro atoms. The van der Waals surface area contributed by atoms with E-state index in [1.165, 1.54) is 11.1 Å². The fraction of sp³-hybridized carbons (Fsp3) is 0.143. The van der Waals surface area contributed by atoms with E-state index >= 15 is 0 Å². The quantitative estimate of drug-likeness (QED) is 0.602. The van der Waals surface area contributed by atoms with E-state index in [4.69, 9.17) is 4.74 Å². The summed E-state index contributed by atoms with van der Waals surface area (Å²) in [6.45, 7) is 1.54. The number of ether oxygens (including phenoxy) is 1. The molecule has 2 aromatic carbocycles. The first kappa shape index (κ1) is 10.4. The van der Waals surface area contributed by atoms with Gasteiger partial charge in [-0.05, 0) is 0 Å². The summed E-state index contributed by atoms with van der Waals surface area (Å²) in [6, 6.07) is 17.5. The monoisotopic (exact) mass is 405 g/mol. The number of hydrogen-bond acceptors (Lipinski definition) is 1. The number of hydrogen-bond donors (Lipinski definition) is 0. The van der Waals surface area contributed by atoms with Crippen molar-refractivity contribution in [2.75, 3.05) is 0 Å². The molecule has 0 unspecified atom stereocenters. The molecule has 1 aliphatic heterocycles. The van der Waals surface area contributed by atoms with E-state index in [0.29, 0.717) is 0 Å². The van der Waals surface area contributed by atoms with Gasteiger partial charge in [0.05, 0.1) is 0 Å². The second-order valence-corrected chi connectivity index (χ2v) is 8.48. The van der Waals surface area contributed by atoms with E-state index in [-0.39, 0.29) is 0 Å². The molecule has 0 atom stereocenters. The van der Waals surface area contributed by atoms with E-state index in [1.807, 2.05) is 0 Å². The van der Waals surface area contributed by atoms with Gasteiger partial charge in [0.25, 0.3) is 0 Å². The summed E-state index contributed by atoms with van der Waals surface area (Å²) in [7, 11) is 0.